The highest BCUT2D eigenvalue weighted by molar-refractivity contribution is 6.32. The number of amides is 1. The smallest absolute Gasteiger partial charge is 0.251 e. The SMILES string of the molecule is COc1cc2cc(CCNC(=O)CC3CCCCO3)c(=O)[nH]c2cc1Cl. The molecule has 6 nitrogen and oxygen atoms in total. The molecule has 0 radical (unpaired) electrons. The first-order valence-corrected chi connectivity index (χ1v) is 9.22. The molecule has 0 spiro atoms. The Kier molecular flexibility index (Phi) is 6.16. The summed E-state index contributed by atoms with van der Waals surface area (Å²) in [7, 11) is 1.55. The molecule has 1 fully saturated rings. The molecule has 2 heterocycles. The molecular formula is C19H23ClN2O4. The molecule has 1 aromatic heterocycles. The zero-order valence-corrected chi connectivity index (χ0v) is 15.5. The molecule has 140 valence electrons. The van der Waals surface area contributed by atoms with Gasteiger partial charge in [0.2, 0.25) is 5.91 Å². The minimum atomic E-state index is -0.177. The van der Waals surface area contributed by atoms with Gasteiger partial charge in [-0.05, 0) is 43.9 Å². The third-order valence-corrected chi connectivity index (χ3v) is 4.89. The molecule has 1 atom stereocenters. The van der Waals surface area contributed by atoms with E-state index >= 15 is 0 Å². The Morgan fingerprint density at radius 3 is 2.96 bits per heavy atom. The van der Waals surface area contributed by atoms with E-state index in [-0.39, 0.29) is 17.6 Å². The zero-order chi connectivity index (χ0) is 18.5. The van der Waals surface area contributed by atoms with Crippen molar-refractivity contribution in [3.05, 3.63) is 39.1 Å². The molecule has 0 aliphatic carbocycles. The third-order valence-electron chi connectivity index (χ3n) is 4.60. The van der Waals surface area contributed by atoms with Gasteiger partial charge in [-0.15, -0.1) is 0 Å². The van der Waals surface area contributed by atoms with Crippen LogP contribution in [0.3, 0.4) is 0 Å². The topological polar surface area (TPSA) is 80.4 Å². The second-order valence-corrected chi connectivity index (χ2v) is 6.90. The number of aromatic amines is 1. The van der Waals surface area contributed by atoms with E-state index < -0.39 is 0 Å². The van der Waals surface area contributed by atoms with E-state index in [0.29, 0.717) is 41.2 Å². The average molecular weight is 379 g/mol. The van der Waals surface area contributed by atoms with Crippen molar-refractivity contribution in [1.29, 1.82) is 0 Å². The van der Waals surface area contributed by atoms with Gasteiger partial charge in [-0.2, -0.15) is 0 Å². The van der Waals surface area contributed by atoms with E-state index in [1.54, 1.807) is 19.2 Å². The monoisotopic (exact) mass is 378 g/mol. The second kappa shape index (κ2) is 8.56. The van der Waals surface area contributed by atoms with Gasteiger partial charge in [0.25, 0.3) is 5.56 Å². The van der Waals surface area contributed by atoms with Crippen LogP contribution < -0.4 is 15.6 Å². The number of aromatic nitrogens is 1. The van der Waals surface area contributed by atoms with Crippen LogP contribution in [0.1, 0.15) is 31.2 Å². The van der Waals surface area contributed by atoms with Crippen LogP contribution in [0.15, 0.2) is 23.0 Å². The Bertz CT molecular complexity index is 843. The lowest BCUT2D eigenvalue weighted by atomic mass is 10.1. The zero-order valence-electron chi connectivity index (χ0n) is 14.8. The minimum absolute atomic E-state index is 0.0186. The second-order valence-electron chi connectivity index (χ2n) is 6.49. The maximum Gasteiger partial charge on any atom is 0.251 e. The first kappa shape index (κ1) is 18.7. The van der Waals surface area contributed by atoms with Gasteiger partial charge in [-0.25, -0.2) is 0 Å². The van der Waals surface area contributed by atoms with Crippen molar-refractivity contribution in [3.63, 3.8) is 0 Å². The predicted octanol–water partition coefficient (Wildman–Crippen LogP) is 2.81. The fraction of sp³-hybridized carbons (Fsp3) is 0.474. The molecule has 1 saturated heterocycles. The van der Waals surface area contributed by atoms with Gasteiger partial charge in [-0.1, -0.05) is 11.6 Å². The van der Waals surface area contributed by atoms with Gasteiger partial charge >= 0.3 is 0 Å². The van der Waals surface area contributed by atoms with Crippen LogP contribution in [0.5, 0.6) is 5.75 Å². The number of rotatable bonds is 6. The van der Waals surface area contributed by atoms with Crippen molar-refractivity contribution in [2.75, 3.05) is 20.3 Å². The Balaban J connectivity index is 1.61. The standard InChI is InChI=1S/C19H23ClN2O4/c1-25-17-9-13-8-12(19(24)22-16(13)11-15(17)20)5-6-21-18(23)10-14-4-2-3-7-26-14/h8-9,11,14H,2-7,10H2,1H3,(H,21,23)(H,22,24). The molecular weight excluding hydrogens is 356 g/mol. The van der Waals surface area contributed by atoms with Gasteiger partial charge in [-0.3, -0.25) is 9.59 Å². The molecule has 1 aliphatic heterocycles. The molecule has 1 amide bonds. The minimum Gasteiger partial charge on any atom is -0.495 e. The van der Waals surface area contributed by atoms with Crippen LogP contribution in [0.25, 0.3) is 10.9 Å². The number of carbonyl (C=O) groups excluding carboxylic acids is 1. The van der Waals surface area contributed by atoms with Gasteiger partial charge in [0.15, 0.2) is 0 Å². The van der Waals surface area contributed by atoms with Gasteiger partial charge < -0.3 is 19.8 Å². The van der Waals surface area contributed by atoms with E-state index in [1.807, 2.05) is 6.07 Å². The van der Waals surface area contributed by atoms with E-state index in [1.165, 1.54) is 0 Å². The number of pyridine rings is 1. The highest BCUT2D eigenvalue weighted by atomic mass is 35.5. The number of hydrogen-bond acceptors (Lipinski definition) is 4. The number of carbonyl (C=O) groups is 1. The number of benzene rings is 1. The lowest BCUT2D eigenvalue weighted by molar-refractivity contribution is -0.124. The largest absolute Gasteiger partial charge is 0.495 e. The van der Waals surface area contributed by atoms with Crippen LogP contribution in [0.4, 0.5) is 0 Å². The summed E-state index contributed by atoms with van der Waals surface area (Å²) in [5, 5.41) is 4.15. The van der Waals surface area contributed by atoms with Crippen molar-refractivity contribution in [1.82, 2.24) is 10.3 Å². The normalized spacial score (nSPS) is 17.2. The van der Waals surface area contributed by atoms with Crippen LogP contribution in [0.2, 0.25) is 5.02 Å². The fourth-order valence-corrected chi connectivity index (χ4v) is 3.42. The quantitative estimate of drug-likeness (QED) is 0.810. The Morgan fingerprint density at radius 1 is 1.38 bits per heavy atom. The summed E-state index contributed by atoms with van der Waals surface area (Å²) in [4.78, 5) is 27.1. The highest BCUT2D eigenvalue weighted by Crippen LogP contribution is 2.28. The first-order valence-electron chi connectivity index (χ1n) is 8.84. The predicted molar refractivity (Wildman–Crippen MR) is 101 cm³/mol. The van der Waals surface area contributed by atoms with Crippen molar-refractivity contribution >= 4 is 28.4 Å². The molecule has 1 aromatic carbocycles. The van der Waals surface area contributed by atoms with E-state index in [2.05, 4.69) is 10.3 Å². The number of H-pyrrole nitrogens is 1. The molecule has 0 bridgehead atoms. The summed E-state index contributed by atoms with van der Waals surface area (Å²) in [6.07, 6.45) is 3.96. The number of nitrogens with one attached hydrogen (secondary N) is 2. The Hall–Kier alpha value is -2.05. The maximum absolute atomic E-state index is 12.2. The van der Waals surface area contributed by atoms with Crippen molar-refractivity contribution in [2.45, 2.75) is 38.2 Å². The molecule has 26 heavy (non-hydrogen) atoms. The molecule has 1 aliphatic rings. The summed E-state index contributed by atoms with van der Waals surface area (Å²) in [5.74, 6) is 0.514. The first-order chi connectivity index (χ1) is 12.6. The highest BCUT2D eigenvalue weighted by Gasteiger charge is 2.17. The van der Waals surface area contributed by atoms with Crippen LogP contribution in [-0.4, -0.2) is 37.3 Å². The molecule has 2 aromatic rings. The number of halogens is 1. The van der Waals surface area contributed by atoms with E-state index in [0.717, 1.165) is 31.3 Å². The van der Waals surface area contributed by atoms with Gasteiger partial charge in [0.05, 0.1) is 30.2 Å². The summed E-state index contributed by atoms with van der Waals surface area (Å²) in [6.45, 7) is 1.14. The van der Waals surface area contributed by atoms with Crippen LogP contribution in [0, 0.1) is 0 Å². The summed E-state index contributed by atoms with van der Waals surface area (Å²) >= 11 is 6.09. The Labute approximate surface area is 156 Å². The van der Waals surface area contributed by atoms with E-state index in [4.69, 9.17) is 21.1 Å². The summed E-state index contributed by atoms with van der Waals surface area (Å²) in [6, 6.07) is 5.27. The van der Waals surface area contributed by atoms with Crippen molar-refractivity contribution < 1.29 is 14.3 Å². The summed E-state index contributed by atoms with van der Waals surface area (Å²) < 4.78 is 10.8. The van der Waals surface area contributed by atoms with Crippen molar-refractivity contribution in [2.24, 2.45) is 0 Å². The number of ether oxygens (including phenoxy) is 2. The summed E-state index contributed by atoms with van der Waals surface area (Å²) in [5.41, 5.74) is 1.09. The van der Waals surface area contributed by atoms with Crippen LogP contribution >= 0.6 is 11.6 Å². The van der Waals surface area contributed by atoms with Gasteiger partial charge in [0.1, 0.15) is 5.75 Å². The maximum atomic E-state index is 12.2. The number of hydrogen-bond donors (Lipinski definition) is 2. The van der Waals surface area contributed by atoms with Crippen molar-refractivity contribution in [3.8, 4) is 5.75 Å². The lowest BCUT2D eigenvalue weighted by Crippen LogP contribution is -2.32. The fourth-order valence-electron chi connectivity index (χ4n) is 3.18. The van der Waals surface area contributed by atoms with E-state index in [9.17, 15) is 9.59 Å². The molecule has 0 saturated carbocycles. The Morgan fingerprint density at radius 2 is 2.23 bits per heavy atom. The molecule has 1 unspecified atom stereocenters. The van der Waals surface area contributed by atoms with Gasteiger partial charge in [0, 0.05) is 24.1 Å². The third kappa shape index (κ3) is 4.56. The molecule has 7 heteroatoms. The molecule has 3 rings (SSSR count). The average Bonchev–Trinajstić information content (AvgIpc) is 2.63. The van der Waals surface area contributed by atoms with Crippen LogP contribution in [-0.2, 0) is 16.0 Å². The number of methoxy groups -OCH3 is 1. The molecule has 2 N–H and O–H groups in total. The lowest BCUT2D eigenvalue weighted by Gasteiger charge is -2.21. The number of fused-ring (bicyclic) bond motifs is 1.